The summed E-state index contributed by atoms with van der Waals surface area (Å²) in [6.45, 7) is 5.37. The quantitative estimate of drug-likeness (QED) is 0.798. The van der Waals surface area contributed by atoms with Gasteiger partial charge in [-0.3, -0.25) is 4.79 Å². The minimum Gasteiger partial charge on any atom is -0.348 e. The molecule has 0 unspecified atom stereocenters. The van der Waals surface area contributed by atoms with Crippen molar-refractivity contribution < 1.29 is 4.79 Å². The van der Waals surface area contributed by atoms with E-state index >= 15 is 0 Å². The third kappa shape index (κ3) is 5.71. The average Bonchev–Trinajstić information content (AvgIpc) is 2.36. The largest absolute Gasteiger partial charge is 0.348 e. The number of benzene rings is 1. The fourth-order valence-electron chi connectivity index (χ4n) is 1.92. The van der Waals surface area contributed by atoms with Gasteiger partial charge in [-0.2, -0.15) is 0 Å². The molecule has 0 aliphatic carbocycles. The standard InChI is InChI=1S/C16H24N2O/c1-5-7-13(2)16(19)17-11-14-8-6-9-15(10-14)12-18(3)4/h6-10H,5,11-12H2,1-4H3,(H,17,19). The Morgan fingerprint density at radius 1 is 1.32 bits per heavy atom. The summed E-state index contributed by atoms with van der Waals surface area (Å²) in [4.78, 5) is 13.9. The second-order valence-electron chi connectivity index (χ2n) is 5.04. The Hall–Kier alpha value is -1.61. The molecule has 0 aliphatic rings. The van der Waals surface area contributed by atoms with Crippen LogP contribution in [0.2, 0.25) is 0 Å². The number of carbonyl (C=O) groups is 1. The molecule has 1 N–H and O–H groups in total. The lowest BCUT2D eigenvalue weighted by Crippen LogP contribution is -2.23. The van der Waals surface area contributed by atoms with Crippen LogP contribution >= 0.6 is 0 Å². The second kappa shape index (κ2) is 7.74. The van der Waals surface area contributed by atoms with E-state index in [1.54, 1.807) is 0 Å². The lowest BCUT2D eigenvalue weighted by atomic mass is 10.1. The molecule has 0 saturated carbocycles. The van der Waals surface area contributed by atoms with Crippen molar-refractivity contribution in [2.45, 2.75) is 33.4 Å². The average molecular weight is 260 g/mol. The highest BCUT2D eigenvalue weighted by Crippen LogP contribution is 2.07. The molecule has 0 spiro atoms. The van der Waals surface area contributed by atoms with E-state index in [0.717, 1.165) is 24.1 Å². The predicted octanol–water partition coefficient (Wildman–Crippen LogP) is 2.72. The fraction of sp³-hybridized carbons (Fsp3) is 0.438. The summed E-state index contributed by atoms with van der Waals surface area (Å²) in [5.74, 6) is 0.0138. The van der Waals surface area contributed by atoms with Crippen LogP contribution in [0, 0.1) is 0 Å². The molecule has 104 valence electrons. The van der Waals surface area contributed by atoms with Gasteiger partial charge in [0.1, 0.15) is 0 Å². The summed E-state index contributed by atoms with van der Waals surface area (Å²) in [6.07, 6.45) is 2.83. The van der Waals surface area contributed by atoms with Crippen LogP contribution in [-0.2, 0) is 17.9 Å². The summed E-state index contributed by atoms with van der Waals surface area (Å²) in [7, 11) is 4.10. The van der Waals surface area contributed by atoms with E-state index < -0.39 is 0 Å². The number of hydrogen-bond donors (Lipinski definition) is 1. The summed E-state index contributed by atoms with van der Waals surface area (Å²) in [5, 5.41) is 2.94. The maximum atomic E-state index is 11.8. The molecule has 1 aromatic carbocycles. The van der Waals surface area contributed by atoms with Gasteiger partial charge < -0.3 is 10.2 Å². The van der Waals surface area contributed by atoms with Crippen LogP contribution in [0.3, 0.4) is 0 Å². The third-order valence-electron chi connectivity index (χ3n) is 2.81. The zero-order valence-electron chi connectivity index (χ0n) is 12.4. The Bertz CT molecular complexity index is 450. The molecule has 19 heavy (non-hydrogen) atoms. The maximum Gasteiger partial charge on any atom is 0.246 e. The highest BCUT2D eigenvalue weighted by atomic mass is 16.1. The molecule has 1 aromatic rings. The van der Waals surface area contributed by atoms with Crippen LogP contribution in [0.25, 0.3) is 0 Å². The van der Waals surface area contributed by atoms with Crippen LogP contribution < -0.4 is 5.32 Å². The first-order valence-corrected chi connectivity index (χ1v) is 6.70. The zero-order chi connectivity index (χ0) is 14.3. The predicted molar refractivity (Wildman–Crippen MR) is 79.7 cm³/mol. The van der Waals surface area contributed by atoms with Crippen LogP contribution in [0.4, 0.5) is 0 Å². The Balaban J connectivity index is 2.58. The van der Waals surface area contributed by atoms with Gasteiger partial charge in [0, 0.05) is 18.7 Å². The first-order valence-electron chi connectivity index (χ1n) is 6.70. The minimum atomic E-state index is 0.0138. The molecule has 3 heteroatoms. The van der Waals surface area contributed by atoms with Gasteiger partial charge in [-0.25, -0.2) is 0 Å². The first kappa shape index (κ1) is 15.4. The molecule has 0 aliphatic heterocycles. The van der Waals surface area contributed by atoms with E-state index in [9.17, 15) is 4.79 Å². The van der Waals surface area contributed by atoms with E-state index in [2.05, 4.69) is 22.3 Å². The molecular formula is C16H24N2O. The van der Waals surface area contributed by atoms with E-state index in [-0.39, 0.29) is 5.91 Å². The van der Waals surface area contributed by atoms with Gasteiger partial charge in [-0.1, -0.05) is 37.3 Å². The van der Waals surface area contributed by atoms with Gasteiger partial charge in [0.05, 0.1) is 0 Å². The van der Waals surface area contributed by atoms with Gasteiger partial charge in [0.25, 0.3) is 0 Å². The van der Waals surface area contributed by atoms with Gasteiger partial charge in [0.15, 0.2) is 0 Å². The SMILES string of the molecule is CCC=C(C)C(=O)NCc1cccc(CN(C)C)c1. The Labute approximate surface area is 116 Å². The van der Waals surface area contributed by atoms with Crippen LogP contribution in [0.1, 0.15) is 31.4 Å². The van der Waals surface area contributed by atoms with Crippen LogP contribution in [-0.4, -0.2) is 24.9 Å². The summed E-state index contributed by atoms with van der Waals surface area (Å²) in [6, 6.07) is 8.32. The molecule has 0 radical (unpaired) electrons. The topological polar surface area (TPSA) is 32.3 Å². The molecule has 0 saturated heterocycles. The van der Waals surface area contributed by atoms with Crippen molar-refractivity contribution in [3.8, 4) is 0 Å². The monoisotopic (exact) mass is 260 g/mol. The Morgan fingerprint density at radius 3 is 2.63 bits per heavy atom. The summed E-state index contributed by atoms with van der Waals surface area (Å²) >= 11 is 0. The number of nitrogens with one attached hydrogen (secondary N) is 1. The van der Waals surface area contributed by atoms with Crippen molar-refractivity contribution >= 4 is 5.91 Å². The van der Waals surface area contributed by atoms with E-state index in [1.807, 2.05) is 46.2 Å². The number of allylic oxidation sites excluding steroid dienone is 1. The molecule has 0 atom stereocenters. The van der Waals surface area contributed by atoms with Crippen LogP contribution in [0.5, 0.6) is 0 Å². The van der Waals surface area contributed by atoms with Gasteiger partial charge in [-0.15, -0.1) is 0 Å². The number of carbonyl (C=O) groups excluding carboxylic acids is 1. The van der Waals surface area contributed by atoms with E-state index in [4.69, 9.17) is 0 Å². The highest BCUT2D eigenvalue weighted by Gasteiger charge is 2.03. The van der Waals surface area contributed by atoms with E-state index in [0.29, 0.717) is 6.54 Å². The molecule has 3 nitrogen and oxygen atoms in total. The summed E-state index contributed by atoms with van der Waals surface area (Å²) < 4.78 is 0. The molecule has 0 aromatic heterocycles. The van der Waals surface area contributed by atoms with Crippen molar-refractivity contribution in [1.82, 2.24) is 10.2 Å². The fourth-order valence-corrected chi connectivity index (χ4v) is 1.92. The highest BCUT2D eigenvalue weighted by molar-refractivity contribution is 5.92. The summed E-state index contributed by atoms with van der Waals surface area (Å²) in [5.41, 5.74) is 3.18. The molecule has 1 amide bonds. The number of hydrogen-bond acceptors (Lipinski definition) is 2. The molecular weight excluding hydrogens is 236 g/mol. The van der Waals surface area contributed by atoms with Crippen molar-refractivity contribution in [3.05, 3.63) is 47.0 Å². The van der Waals surface area contributed by atoms with Crippen molar-refractivity contribution in [3.63, 3.8) is 0 Å². The smallest absolute Gasteiger partial charge is 0.246 e. The normalized spacial score (nSPS) is 11.7. The second-order valence-corrected chi connectivity index (χ2v) is 5.04. The Kier molecular flexibility index (Phi) is 6.30. The maximum absolute atomic E-state index is 11.8. The molecule has 0 fully saturated rings. The first-order chi connectivity index (χ1) is 9.02. The third-order valence-corrected chi connectivity index (χ3v) is 2.81. The molecule has 0 bridgehead atoms. The van der Waals surface area contributed by atoms with Gasteiger partial charge >= 0.3 is 0 Å². The lowest BCUT2D eigenvalue weighted by molar-refractivity contribution is -0.117. The lowest BCUT2D eigenvalue weighted by Gasteiger charge is -2.11. The van der Waals surface area contributed by atoms with Crippen molar-refractivity contribution in [1.29, 1.82) is 0 Å². The zero-order valence-corrected chi connectivity index (χ0v) is 12.4. The van der Waals surface area contributed by atoms with Crippen molar-refractivity contribution in [2.24, 2.45) is 0 Å². The van der Waals surface area contributed by atoms with Crippen LogP contribution in [0.15, 0.2) is 35.9 Å². The van der Waals surface area contributed by atoms with Gasteiger partial charge in [0.2, 0.25) is 5.91 Å². The number of nitrogens with zero attached hydrogens (tertiary/aromatic N) is 1. The van der Waals surface area contributed by atoms with Gasteiger partial charge in [-0.05, 0) is 38.6 Å². The number of rotatable bonds is 6. The molecule has 0 heterocycles. The van der Waals surface area contributed by atoms with Crippen molar-refractivity contribution in [2.75, 3.05) is 14.1 Å². The minimum absolute atomic E-state index is 0.0138. The number of amides is 1. The molecule has 1 rings (SSSR count). The Morgan fingerprint density at radius 2 is 2.00 bits per heavy atom. The van der Waals surface area contributed by atoms with E-state index in [1.165, 1.54) is 5.56 Å².